The topological polar surface area (TPSA) is 43.3 Å². The Bertz CT molecular complexity index is 1360. The maximum absolute atomic E-state index is 13.6. The molecular formula is C27H24Cl2N2O2. The van der Waals surface area contributed by atoms with Gasteiger partial charge in [-0.2, -0.15) is 0 Å². The lowest BCUT2D eigenvalue weighted by Crippen LogP contribution is -2.33. The van der Waals surface area contributed by atoms with E-state index in [1.165, 1.54) is 0 Å². The van der Waals surface area contributed by atoms with Crippen molar-refractivity contribution in [2.75, 3.05) is 6.61 Å². The lowest BCUT2D eigenvalue weighted by Gasteiger charge is -2.27. The van der Waals surface area contributed by atoms with E-state index < -0.39 is 0 Å². The van der Waals surface area contributed by atoms with Crippen molar-refractivity contribution in [3.05, 3.63) is 88.0 Å². The summed E-state index contributed by atoms with van der Waals surface area (Å²) in [6.07, 6.45) is 0.730. The van der Waals surface area contributed by atoms with Gasteiger partial charge in [0.15, 0.2) is 0 Å². The summed E-state index contributed by atoms with van der Waals surface area (Å²) in [5.41, 5.74) is 4.41. The van der Waals surface area contributed by atoms with Crippen LogP contribution >= 0.6 is 23.2 Å². The van der Waals surface area contributed by atoms with Gasteiger partial charge < -0.3 is 14.6 Å². The van der Waals surface area contributed by atoms with E-state index in [-0.39, 0.29) is 18.0 Å². The van der Waals surface area contributed by atoms with E-state index in [1.54, 1.807) is 6.07 Å². The van der Waals surface area contributed by atoms with Gasteiger partial charge in [0, 0.05) is 34.5 Å². The molecule has 0 bridgehead atoms. The summed E-state index contributed by atoms with van der Waals surface area (Å²) in [5, 5.41) is 5.22. The summed E-state index contributed by atoms with van der Waals surface area (Å²) in [4.78, 5) is 13.6. The summed E-state index contributed by atoms with van der Waals surface area (Å²) < 4.78 is 7.84. The lowest BCUT2D eigenvalue weighted by molar-refractivity contribution is 0.0914. The van der Waals surface area contributed by atoms with Crippen molar-refractivity contribution in [2.24, 2.45) is 0 Å². The largest absolute Gasteiger partial charge is 0.493 e. The molecule has 0 fully saturated rings. The summed E-state index contributed by atoms with van der Waals surface area (Å²) in [7, 11) is 0. The number of carbonyl (C=O) groups is 1. The minimum absolute atomic E-state index is 0.0929. The van der Waals surface area contributed by atoms with Gasteiger partial charge in [0.25, 0.3) is 5.91 Å². The van der Waals surface area contributed by atoms with Crippen molar-refractivity contribution in [1.82, 2.24) is 9.88 Å². The van der Waals surface area contributed by atoms with Gasteiger partial charge in [-0.3, -0.25) is 4.79 Å². The zero-order valence-electron chi connectivity index (χ0n) is 18.4. The molecule has 2 heterocycles. The van der Waals surface area contributed by atoms with Gasteiger partial charge in [0.2, 0.25) is 0 Å². The zero-order chi connectivity index (χ0) is 23.1. The molecule has 1 aliphatic rings. The van der Waals surface area contributed by atoms with E-state index in [0.29, 0.717) is 22.3 Å². The van der Waals surface area contributed by atoms with Gasteiger partial charge in [0.1, 0.15) is 11.4 Å². The number of halogens is 2. The van der Waals surface area contributed by atoms with Gasteiger partial charge in [-0.25, -0.2) is 0 Å². The molecule has 0 saturated carbocycles. The molecule has 1 unspecified atom stereocenters. The molecule has 168 valence electrons. The van der Waals surface area contributed by atoms with E-state index in [1.807, 2.05) is 60.7 Å². The van der Waals surface area contributed by atoms with Crippen LogP contribution in [0.15, 0.2) is 66.7 Å². The fraction of sp³-hybridized carbons (Fsp3) is 0.222. The molecular weight excluding hydrogens is 455 g/mol. The van der Waals surface area contributed by atoms with Crippen LogP contribution in [0, 0.1) is 0 Å². The fourth-order valence-corrected chi connectivity index (χ4v) is 5.06. The Labute approximate surface area is 203 Å². The number of ether oxygens (including phenoxy) is 1. The molecule has 4 nitrogen and oxygen atoms in total. The Morgan fingerprint density at radius 2 is 1.79 bits per heavy atom. The highest BCUT2D eigenvalue weighted by Gasteiger charge is 2.26. The molecule has 1 amide bonds. The smallest absolute Gasteiger partial charge is 0.268 e. The Morgan fingerprint density at radius 3 is 2.61 bits per heavy atom. The number of aromatic nitrogens is 1. The fourth-order valence-electron chi connectivity index (χ4n) is 4.65. The van der Waals surface area contributed by atoms with Crippen LogP contribution in [0.3, 0.4) is 0 Å². The van der Waals surface area contributed by atoms with Crippen LogP contribution in [0.2, 0.25) is 10.0 Å². The number of hydrogen-bond acceptors (Lipinski definition) is 2. The number of rotatable bonds is 4. The monoisotopic (exact) mass is 478 g/mol. The molecule has 3 aromatic carbocycles. The maximum Gasteiger partial charge on any atom is 0.268 e. The first kappa shape index (κ1) is 21.9. The highest BCUT2D eigenvalue weighted by Crippen LogP contribution is 2.39. The minimum atomic E-state index is -0.107. The summed E-state index contributed by atoms with van der Waals surface area (Å²) in [6.45, 7) is 4.74. The number of para-hydroxylation sites is 1. The minimum Gasteiger partial charge on any atom is -0.493 e. The van der Waals surface area contributed by atoms with Gasteiger partial charge in [0.05, 0.1) is 22.7 Å². The van der Waals surface area contributed by atoms with E-state index in [2.05, 4.69) is 23.7 Å². The van der Waals surface area contributed by atoms with E-state index in [0.717, 1.165) is 39.8 Å². The lowest BCUT2D eigenvalue weighted by atomic mass is 10.0. The van der Waals surface area contributed by atoms with Gasteiger partial charge >= 0.3 is 0 Å². The molecule has 0 aliphatic carbocycles. The first-order valence-corrected chi connectivity index (χ1v) is 11.8. The van der Waals surface area contributed by atoms with Gasteiger partial charge in [-0.15, -0.1) is 0 Å². The predicted octanol–water partition coefficient (Wildman–Crippen LogP) is 7.45. The highest BCUT2D eigenvalue weighted by molar-refractivity contribution is 6.44. The van der Waals surface area contributed by atoms with E-state index >= 15 is 0 Å². The van der Waals surface area contributed by atoms with E-state index in [4.69, 9.17) is 27.9 Å². The van der Waals surface area contributed by atoms with Crippen molar-refractivity contribution >= 4 is 40.0 Å². The number of amides is 1. The van der Waals surface area contributed by atoms with Gasteiger partial charge in [-0.1, -0.05) is 65.7 Å². The molecule has 0 radical (unpaired) electrons. The summed E-state index contributed by atoms with van der Waals surface area (Å²) >= 11 is 12.8. The summed E-state index contributed by atoms with van der Waals surface area (Å²) in [5.74, 6) is 0.723. The van der Waals surface area contributed by atoms with Crippen LogP contribution in [0.5, 0.6) is 5.75 Å². The third-order valence-corrected chi connectivity index (χ3v) is 6.96. The maximum atomic E-state index is 13.6. The Kier molecular flexibility index (Phi) is 5.81. The first-order valence-electron chi connectivity index (χ1n) is 11.1. The van der Waals surface area contributed by atoms with Crippen molar-refractivity contribution in [2.45, 2.75) is 32.4 Å². The molecule has 0 spiro atoms. The van der Waals surface area contributed by atoms with Crippen LogP contribution in [-0.4, -0.2) is 17.1 Å². The predicted molar refractivity (Wildman–Crippen MR) is 135 cm³/mol. The van der Waals surface area contributed by atoms with Crippen LogP contribution in [0.1, 0.15) is 48.4 Å². The Morgan fingerprint density at radius 1 is 1.03 bits per heavy atom. The molecule has 5 rings (SSSR count). The van der Waals surface area contributed by atoms with Crippen LogP contribution in [0.25, 0.3) is 22.0 Å². The molecule has 1 aliphatic heterocycles. The number of fused-ring (bicyclic) bond motifs is 2. The summed E-state index contributed by atoms with van der Waals surface area (Å²) in [6, 6.07) is 21.5. The standard InChI is InChI=1S/C27H24Cl2N2O2/c1-16(2)31-23-11-6-8-17(18-9-5-10-21(28)26(18)29)20(23)15-24(31)27(32)30-22-13-14-33-25-12-4-3-7-19(22)25/h3-12,15-16,22H,13-14H2,1-2H3,(H,30,32). The molecule has 1 aromatic heterocycles. The third kappa shape index (κ3) is 3.88. The van der Waals surface area contributed by atoms with Crippen LogP contribution in [0.4, 0.5) is 0 Å². The quantitative estimate of drug-likeness (QED) is 0.330. The zero-order valence-corrected chi connectivity index (χ0v) is 20.0. The van der Waals surface area contributed by atoms with Crippen molar-refractivity contribution in [1.29, 1.82) is 0 Å². The normalized spacial score (nSPS) is 15.4. The molecule has 0 saturated heterocycles. The average molecular weight is 479 g/mol. The SMILES string of the molecule is CC(C)n1c(C(=O)NC2CCOc3ccccc32)cc2c(-c3cccc(Cl)c3Cl)cccc21. The van der Waals surface area contributed by atoms with Gasteiger partial charge in [-0.05, 0) is 43.7 Å². The molecule has 1 atom stereocenters. The van der Waals surface area contributed by atoms with Crippen LogP contribution in [-0.2, 0) is 0 Å². The van der Waals surface area contributed by atoms with Crippen molar-refractivity contribution < 1.29 is 9.53 Å². The Hall–Kier alpha value is -2.95. The number of nitrogens with one attached hydrogen (secondary N) is 1. The second-order valence-electron chi connectivity index (χ2n) is 8.53. The van der Waals surface area contributed by atoms with E-state index in [9.17, 15) is 4.79 Å². The number of hydrogen-bond donors (Lipinski definition) is 1. The average Bonchev–Trinajstić information content (AvgIpc) is 3.22. The number of benzene rings is 3. The van der Waals surface area contributed by atoms with Crippen LogP contribution < -0.4 is 10.1 Å². The molecule has 6 heteroatoms. The molecule has 33 heavy (non-hydrogen) atoms. The second kappa shape index (κ2) is 8.77. The number of nitrogens with zero attached hydrogens (tertiary/aromatic N) is 1. The van der Waals surface area contributed by atoms with Crippen molar-refractivity contribution in [3.8, 4) is 16.9 Å². The first-order chi connectivity index (χ1) is 16.0. The molecule has 4 aromatic rings. The van der Waals surface area contributed by atoms with Crippen molar-refractivity contribution in [3.63, 3.8) is 0 Å². The Balaban J connectivity index is 1.60. The molecule has 1 N–H and O–H groups in total. The second-order valence-corrected chi connectivity index (χ2v) is 9.32. The third-order valence-electron chi connectivity index (χ3n) is 6.14. The number of carbonyl (C=O) groups excluding carboxylic acids is 1. The highest BCUT2D eigenvalue weighted by atomic mass is 35.5.